The number of carbonyl (C=O) groups excluding carboxylic acids is 1. The number of hydrogen-bond donors (Lipinski definition) is 3. The third-order valence-corrected chi connectivity index (χ3v) is 2.97. The molecule has 4 N–H and O–H groups in total. The van der Waals surface area contributed by atoms with Crippen molar-refractivity contribution >= 4 is 17.7 Å². The average molecular weight is 285 g/mol. The molecular formula is C15H15N3O3. The van der Waals surface area contributed by atoms with Crippen LogP contribution in [0.4, 0.5) is 5.82 Å². The number of rotatable bonds is 6. The number of benzene rings is 1. The SMILES string of the molecule is NC(=O)c1ccc(NCCc2ccc(C(=O)O)cc2)nc1. The van der Waals surface area contributed by atoms with Crippen LogP contribution in [0.5, 0.6) is 0 Å². The number of hydrogen-bond acceptors (Lipinski definition) is 4. The first-order valence-corrected chi connectivity index (χ1v) is 6.38. The van der Waals surface area contributed by atoms with Gasteiger partial charge in [0.05, 0.1) is 11.1 Å². The standard InChI is InChI=1S/C15H15N3O3/c16-14(19)12-5-6-13(18-9-12)17-8-7-10-1-3-11(4-2-10)15(20)21/h1-6,9H,7-8H2,(H2,16,19)(H,17,18)(H,20,21). The topological polar surface area (TPSA) is 105 Å². The van der Waals surface area contributed by atoms with E-state index in [-0.39, 0.29) is 5.56 Å². The number of nitrogens with two attached hydrogens (primary N) is 1. The predicted octanol–water partition coefficient (Wildman–Crippen LogP) is 1.53. The summed E-state index contributed by atoms with van der Waals surface area (Å²) < 4.78 is 0. The smallest absolute Gasteiger partial charge is 0.335 e. The molecule has 21 heavy (non-hydrogen) atoms. The largest absolute Gasteiger partial charge is 0.478 e. The van der Waals surface area contributed by atoms with Crippen molar-refractivity contribution < 1.29 is 14.7 Å². The second-order valence-electron chi connectivity index (χ2n) is 4.48. The first-order chi connectivity index (χ1) is 10.1. The van der Waals surface area contributed by atoms with Gasteiger partial charge < -0.3 is 16.2 Å². The number of carbonyl (C=O) groups is 2. The summed E-state index contributed by atoms with van der Waals surface area (Å²) in [6.07, 6.45) is 2.16. The van der Waals surface area contributed by atoms with E-state index in [4.69, 9.17) is 10.8 Å². The maximum Gasteiger partial charge on any atom is 0.335 e. The van der Waals surface area contributed by atoms with Crippen LogP contribution < -0.4 is 11.1 Å². The third-order valence-electron chi connectivity index (χ3n) is 2.97. The zero-order valence-electron chi connectivity index (χ0n) is 11.2. The van der Waals surface area contributed by atoms with Crippen LogP contribution in [-0.4, -0.2) is 28.5 Å². The van der Waals surface area contributed by atoms with Crippen LogP contribution in [0.2, 0.25) is 0 Å². The molecular weight excluding hydrogens is 270 g/mol. The summed E-state index contributed by atoms with van der Waals surface area (Å²) in [7, 11) is 0. The fourth-order valence-electron chi connectivity index (χ4n) is 1.79. The minimum Gasteiger partial charge on any atom is -0.478 e. The van der Waals surface area contributed by atoms with Gasteiger partial charge in [0.1, 0.15) is 5.82 Å². The van der Waals surface area contributed by atoms with Gasteiger partial charge in [-0.05, 0) is 36.2 Å². The number of aromatic carboxylic acids is 1. The third kappa shape index (κ3) is 4.04. The van der Waals surface area contributed by atoms with E-state index in [9.17, 15) is 9.59 Å². The highest BCUT2D eigenvalue weighted by atomic mass is 16.4. The van der Waals surface area contributed by atoms with Crippen LogP contribution in [0.15, 0.2) is 42.6 Å². The zero-order chi connectivity index (χ0) is 15.2. The number of pyridine rings is 1. The zero-order valence-corrected chi connectivity index (χ0v) is 11.2. The molecule has 1 amide bonds. The first-order valence-electron chi connectivity index (χ1n) is 6.38. The molecule has 0 aliphatic carbocycles. The van der Waals surface area contributed by atoms with Crippen molar-refractivity contribution in [3.05, 3.63) is 59.3 Å². The Kier molecular flexibility index (Phi) is 4.50. The molecule has 0 bridgehead atoms. The Balaban J connectivity index is 1.86. The number of carboxylic acids is 1. The van der Waals surface area contributed by atoms with Crippen LogP contribution >= 0.6 is 0 Å². The first kappa shape index (κ1) is 14.5. The molecule has 6 nitrogen and oxygen atoms in total. The molecule has 0 saturated carbocycles. The summed E-state index contributed by atoms with van der Waals surface area (Å²) in [5, 5.41) is 11.9. The molecule has 0 saturated heterocycles. The molecule has 2 rings (SSSR count). The second-order valence-corrected chi connectivity index (χ2v) is 4.48. The number of carboxylic acid groups (broad SMARTS) is 1. The number of nitrogens with zero attached hydrogens (tertiary/aromatic N) is 1. The lowest BCUT2D eigenvalue weighted by Crippen LogP contribution is -2.12. The molecule has 108 valence electrons. The van der Waals surface area contributed by atoms with E-state index in [1.165, 1.54) is 6.20 Å². The predicted molar refractivity (Wildman–Crippen MR) is 78.3 cm³/mol. The maximum absolute atomic E-state index is 10.9. The van der Waals surface area contributed by atoms with Crippen molar-refractivity contribution in [1.29, 1.82) is 0 Å². The normalized spacial score (nSPS) is 10.1. The monoisotopic (exact) mass is 285 g/mol. The van der Waals surface area contributed by atoms with Crippen LogP contribution in [0.3, 0.4) is 0 Å². The molecule has 0 aliphatic heterocycles. The van der Waals surface area contributed by atoms with Gasteiger partial charge in [0, 0.05) is 12.7 Å². The number of anilines is 1. The Labute approximate surface area is 121 Å². The second kappa shape index (κ2) is 6.51. The number of amides is 1. The highest BCUT2D eigenvalue weighted by Crippen LogP contribution is 2.07. The van der Waals surface area contributed by atoms with Crippen molar-refractivity contribution in [3.8, 4) is 0 Å². The molecule has 1 heterocycles. The maximum atomic E-state index is 10.9. The summed E-state index contributed by atoms with van der Waals surface area (Å²) >= 11 is 0. The Morgan fingerprint density at radius 3 is 2.29 bits per heavy atom. The van der Waals surface area contributed by atoms with Crippen molar-refractivity contribution in [2.45, 2.75) is 6.42 Å². The van der Waals surface area contributed by atoms with E-state index in [0.29, 0.717) is 17.9 Å². The molecule has 1 aromatic heterocycles. The molecule has 0 unspecified atom stereocenters. The van der Waals surface area contributed by atoms with Crippen molar-refractivity contribution in [2.24, 2.45) is 5.73 Å². The number of aromatic nitrogens is 1. The summed E-state index contributed by atoms with van der Waals surface area (Å²) in [6, 6.07) is 10.0. The minimum atomic E-state index is -0.932. The van der Waals surface area contributed by atoms with E-state index in [2.05, 4.69) is 10.3 Å². The minimum absolute atomic E-state index is 0.274. The van der Waals surface area contributed by atoms with Gasteiger partial charge in [-0.1, -0.05) is 12.1 Å². The van der Waals surface area contributed by atoms with Crippen LogP contribution in [0.1, 0.15) is 26.3 Å². The molecule has 2 aromatic rings. The fourth-order valence-corrected chi connectivity index (χ4v) is 1.79. The van der Waals surface area contributed by atoms with Crippen LogP contribution in [0, 0.1) is 0 Å². The average Bonchev–Trinajstić information content (AvgIpc) is 2.48. The van der Waals surface area contributed by atoms with Gasteiger partial charge in [-0.3, -0.25) is 4.79 Å². The van der Waals surface area contributed by atoms with E-state index in [1.807, 2.05) is 0 Å². The quantitative estimate of drug-likeness (QED) is 0.746. The summed E-state index contributed by atoms with van der Waals surface area (Å²) in [4.78, 5) is 25.7. The van der Waals surface area contributed by atoms with Crippen molar-refractivity contribution in [1.82, 2.24) is 4.98 Å². The van der Waals surface area contributed by atoms with Gasteiger partial charge in [-0.25, -0.2) is 9.78 Å². The van der Waals surface area contributed by atoms with Gasteiger partial charge in [-0.2, -0.15) is 0 Å². The molecule has 0 fully saturated rings. The Morgan fingerprint density at radius 2 is 1.76 bits per heavy atom. The molecule has 6 heteroatoms. The van der Waals surface area contributed by atoms with Crippen LogP contribution in [0.25, 0.3) is 0 Å². The van der Waals surface area contributed by atoms with Gasteiger partial charge in [0.25, 0.3) is 0 Å². The highest BCUT2D eigenvalue weighted by molar-refractivity contribution is 5.92. The van der Waals surface area contributed by atoms with Crippen molar-refractivity contribution in [3.63, 3.8) is 0 Å². The lowest BCUT2D eigenvalue weighted by Gasteiger charge is -2.06. The number of nitrogens with one attached hydrogen (secondary N) is 1. The van der Waals surface area contributed by atoms with Gasteiger partial charge in [-0.15, -0.1) is 0 Å². The molecule has 0 aliphatic rings. The lowest BCUT2D eigenvalue weighted by atomic mass is 10.1. The van der Waals surface area contributed by atoms with E-state index in [0.717, 1.165) is 12.0 Å². The van der Waals surface area contributed by atoms with Crippen LogP contribution in [-0.2, 0) is 6.42 Å². The fraction of sp³-hybridized carbons (Fsp3) is 0.133. The summed E-state index contributed by atoms with van der Waals surface area (Å²) in [5.41, 5.74) is 6.80. The van der Waals surface area contributed by atoms with Crippen molar-refractivity contribution in [2.75, 3.05) is 11.9 Å². The van der Waals surface area contributed by atoms with Gasteiger partial charge in [0.2, 0.25) is 5.91 Å². The molecule has 0 atom stereocenters. The van der Waals surface area contributed by atoms with E-state index >= 15 is 0 Å². The van der Waals surface area contributed by atoms with Gasteiger partial charge >= 0.3 is 5.97 Å². The van der Waals surface area contributed by atoms with E-state index in [1.54, 1.807) is 36.4 Å². The summed E-state index contributed by atoms with van der Waals surface area (Å²) in [6.45, 7) is 0.648. The Bertz CT molecular complexity index is 579. The lowest BCUT2D eigenvalue weighted by molar-refractivity contribution is 0.0696. The van der Waals surface area contributed by atoms with Gasteiger partial charge in [0.15, 0.2) is 0 Å². The number of primary amides is 1. The Hall–Kier alpha value is -2.89. The molecule has 0 spiro atoms. The van der Waals surface area contributed by atoms with E-state index < -0.39 is 11.9 Å². The Morgan fingerprint density at radius 1 is 1.10 bits per heavy atom. The molecule has 1 aromatic carbocycles. The molecule has 0 radical (unpaired) electrons. The highest BCUT2D eigenvalue weighted by Gasteiger charge is 2.02. The summed E-state index contributed by atoms with van der Waals surface area (Å²) in [5.74, 6) is -0.784.